The highest BCUT2D eigenvalue weighted by molar-refractivity contribution is 7.99. The van der Waals surface area contributed by atoms with Crippen LogP contribution < -0.4 is 10.6 Å². The van der Waals surface area contributed by atoms with Crippen LogP contribution in [0.2, 0.25) is 0 Å². The minimum Gasteiger partial charge on any atom is -0.465 e. The van der Waals surface area contributed by atoms with E-state index in [1.54, 1.807) is 35.9 Å². The van der Waals surface area contributed by atoms with Gasteiger partial charge in [0.25, 0.3) is 11.6 Å². The van der Waals surface area contributed by atoms with Gasteiger partial charge in [-0.3, -0.25) is 19.7 Å². The summed E-state index contributed by atoms with van der Waals surface area (Å²) < 4.78 is 6.35. The highest BCUT2D eigenvalue weighted by Crippen LogP contribution is 2.25. The number of carbonyl (C=O) groups is 3. The molecule has 0 aliphatic carbocycles. The molecule has 1 atom stereocenters. The van der Waals surface area contributed by atoms with Crippen LogP contribution in [0.15, 0.2) is 53.7 Å². The van der Waals surface area contributed by atoms with Gasteiger partial charge in [-0.05, 0) is 36.2 Å². The summed E-state index contributed by atoms with van der Waals surface area (Å²) in [5, 5.41) is 25.5. The van der Waals surface area contributed by atoms with E-state index >= 15 is 0 Å². The number of nitrogens with zero attached hydrogens (tertiary/aromatic N) is 4. The first kappa shape index (κ1) is 27.3. The van der Waals surface area contributed by atoms with Crippen LogP contribution in [-0.2, 0) is 16.6 Å². The van der Waals surface area contributed by atoms with E-state index in [1.807, 2.05) is 13.8 Å². The number of thioether (sulfide) groups is 1. The molecule has 3 aromatic rings. The van der Waals surface area contributed by atoms with Crippen molar-refractivity contribution in [3.63, 3.8) is 0 Å². The second kappa shape index (κ2) is 12.1. The molecule has 3 rings (SSSR count). The summed E-state index contributed by atoms with van der Waals surface area (Å²) in [7, 11) is 3.03. The van der Waals surface area contributed by atoms with Crippen LogP contribution in [0.1, 0.15) is 46.4 Å². The van der Waals surface area contributed by atoms with Crippen molar-refractivity contribution in [3.8, 4) is 0 Å². The molecule has 37 heavy (non-hydrogen) atoms. The van der Waals surface area contributed by atoms with Gasteiger partial charge in [-0.25, -0.2) is 4.79 Å². The van der Waals surface area contributed by atoms with Crippen molar-refractivity contribution in [1.82, 2.24) is 20.1 Å². The van der Waals surface area contributed by atoms with Gasteiger partial charge in [0.1, 0.15) is 0 Å². The minimum absolute atomic E-state index is 0.0527. The van der Waals surface area contributed by atoms with E-state index in [4.69, 9.17) is 0 Å². The van der Waals surface area contributed by atoms with Gasteiger partial charge in [-0.2, -0.15) is 0 Å². The first-order valence-corrected chi connectivity index (χ1v) is 12.1. The molecule has 194 valence electrons. The maximum atomic E-state index is 12.8. The molecule has 13 heteroatoms. The number of ether oxygens (including phenoxy) is 1. The van der Waals surface area contributed by atoms with Crippen LogP contribution >= 0.6 is 11.8 Å². The molecule has 0 aliphatic heterocycles. The van der Waals surface area contributed by atoms with E-state index in [9.17, 15) is 24.5 Å². The first-order chi connectivity index (χ1) is 17.6. The number of anilines is 1. The Labute approximate surface area is 216 Å². The Hall–Kier alpha value is -4.26. The number of hydrogen-bond donors (Lipinski definition) is 2. The molecule has 1 aromatic heterocycles. The van der Waals surface area contributed by atoms with Crippen molar-refractivity contribution in [3.05, 3.63) is 75.6 Å². The number of rotatable bonds is 10. The number of amides is 2. The van der Waals surface area contributed by atoms with Gasteiger partial charge in [0.05, 0.1) is 29.4 Å². The van der Waals surface area contributed by atoms with Gasteiger partial charge in [-0.1, -0.05) is 31.7 Å². The first-order valence-electron chi connectivity index (χ1n) is 11.2. The number of hydrogen-bond acceptors (Lipinski definition) is 9. The van der Waals surface area contributed by atoms with E-state index in [0.717, 1.165) is 0 Å². The fourth-order valence-corrected chi connectivity index (χ4v) is 4.09. The highest BCUT2D eigenvalue weighted by Gasteiger charge is 2.26. The third-order valence-corrected chi connectivity index (χ3v) is 6.36. The van der Waals surface area contributed by atoms with Gasteiger partial charge in [0.15, 0.2) is 11.0 Å². The Morgan fingerprint density at radius 2 is 1.81 bits per heavy atom. The Balaban J connectivity index is 1.64. The van der Waals surface area contributed by atoms with E-state index < -0.39 is 22.8 Å². The van der Waals surface area contributed by atoms with Gasteiger partial charge in [0.2, 0.25) is 5.91 Å². The summed E-state index contributed by atoms with van der Waals surface area (Å²) in [5.74, 6) is -0.754. The second-order valence-electron chi connectivity index (χ2n) is 8.31. The zero-order chi connectivity index (χ0) is 27.1. The normalized spacial score (nSPS) is 11.6. The molecule has 2 N–H and O–H groups in total. The summed E-state index contributed by atoms with van der Waals surface area (Å²) in [6.07, 6.45) is 0. The highest BCUT2D eigenvalue weighted by atomic mass is 32.2. The van der Waals surface area contributed by atoms with Crippen molar-refractivity contribution in [2.45, 2.75) is 25.0 Å². The topological polar surface area (TPSA) is 158 Å². The Morgan fingerprint density at radius 1 is 1.11 bits per heavy atom. The van der Waals surface area contributed by atoms with Crippen LogP contribution in [0.5, 0.6) is 0 Å². The Bertz CT molecular complexity index is 1310. The molecule has 1 heterocycles. The fourth-order valence-electron chi connectivity index (χ4n) is 3.37. The monoisotopic (exact) mass is 526 g/mol. The molecule has 0 aliphatic rings. The Kier molecular flexibility index (Phi) is 8.95. The number of non-ortho nitro benzene ring substituents is 1. The SMILES string of the molecule is COC(=O)c1ccc(NC(=O)CSc2nnc([C@@H](NC(=O)c3cccc([N+](=O)[O-])c3)C(C)C)n2C)cc1. The van der Waals surface area contributed by atoms with E-state index in [-0.39, 0.29) is 28.8 Å². The lowest BCUT2D eigenvalue weighted by molar-refractivity contribution is -0.384. The lowest BCUT2D eigenvalue weighted by Crippen LogP contribution is -2.33. The van der Waals surface area contributed by atoms with Crippen LogP contribution in [0.25, 0.3) is 0 Å². The number of carbonyl (C=O) groups excluding carboxylic acids is 3. The molecule has 2 aromatic carbocycles. The van der Waals surface area contributed by atoms with Crippen LogP contribution in [0, 0.1) is 16.0 Å². The lowest BCUT2D eigenvalue weighted by atomic mass is 10.0. The van der Waals surface area contributed by atoms with Gasteiger partial charge < -0.3 is 19.9 Å². The molecule has 0 saturated carbocycles. The summed E-state index contributed by atoms with van der Waals surface area (Å²) in [6, 6.07) is 11.3. The predicted molar refractivity (Wildman–Crippen MR) is 136 cm³/mol. The minimum atomic E-state index is -0.559. The van der Waals surface area contributed by atoms with Gasteiger partial charge >= 0.3 is 5.97 Å². The molecular formula is C24H26N6O6S. The summed E-state index contributed by atoms with van der Waals surface area (Å²) >= 11 is 1.17. The van der Waals surface area contributed by atoms with Crippen molar-refractivity contribution in [1.29, 1.82) is 0 Å². The van der Waals surface area contributed by atoms with Crippen molar-refractivity contribution >= 4 is 40.9 Å². The number of methoxy groups -OCH3 is 1. The number of nitrogens with one attached hydrogen (secondary N) is 2. The standard InChI is InChI=1S/C24H26N6O6S/c1-14(2)20(26-22(32)16-6-5-7-18(12-16)30(34)35)21-27-28-24(29(21)3)37-13-19(31)25-17-10-8-15(9-11-17)23(33)36-4/h5-12,14,20H,13H2,1-4H3,(H,25,31)(H,26,32)/t20-/m0/s1. The number of esters is 1. The van der Waals surface area contributed by atoms with Crippen molar-refractivity contribution in [2.75, 3.05) is 18.2 Å². The zero-order valence-corrected chi connectivity index (χ0v) is 21.4. The molecule has 2 amide bonds. The average Bonchev–Trinajstić information content (AvgIpc) is 3.25. The molecule has 12 nitrogen and oxygen atoms in total. The fraction of sp³-hybridized carbons (Fsp3) is 0.292. The summed E-state index contributed by atoms with van der Waals surface area (Å²) in [6.45, 7) is 3.80. The van der Waals surface area contributed by atoms with E-state index in [2.05, 4.69) is 25.6 Å². The molecule has 0 spiro atoms. The lowest BCUT2D eigenvalue weighted by Gasteiger charge is -2.21. The molecule has 0 saturated heterocycles. The third kappa shape index (κ3) is 6.91. The van der Waals surface area contributed by atoms with Crippen LogP contribution in [0.4, 0.5) is 11.4 Å². The summed E-state index contributed by atoms with van der Waals surface area (Å²) in [4.78, 5) is 47.2. The molecular weight excluding hydrogens is 500 g/mol. The number of nitro benzene ring substituents is 1. The van der Waals surface area contributed by atoms with Crippen molar-refractivity contribution < 1.29 is 24.0 Å². The maximum absolute atomic E-state index is 12.8. The average molecular weight is 527 g/mol. The van der Waals surface area contributed by atoms with Gasteiger partial charge in [0, 0.05) is 30.4 Å². The maximum Gasteiger partial charge on any atom is 0.337 e. The molecule has 0 unspecified atom stereocenters. The Morgan fingerprint density at radius 3 is 2.43 bits per heavy atom. The van der Waals surface area contributed by atoms with E-state index in [0.29, 0.717) is 22.2 Å². The molecule has 0 bridgehead atoms. The second-order valence-corrected chi connectivity index (χ2v) is 9.25. The predicted octanol–water partition coefficient (Wildman–Crippen LogP) is 3.37. The molecule has 0 fully saturated rings. The van der Waals surface area contributed by atoms with Crippen molar-refractivity contribution in [2.24, 2.45) is 13.0 Å². The van der Waals surface area contributed by atoms with Crippen LogP contribution in [0.3, 0.4) is 0 Å². The zero-order valence-electron chi connectivity index (χ0n) is 20.6. The van der Waals surface area contributed by atoms with Gasteiger partial charge in [-0.15, -0.1) is 10.2 Å². The largest absolute Gasteiger partial charge is 0.465 e. The number of benzene rings is 2. The van der Waals surface area contributed by atoms with Crippen LogP contribution in [-0.4, -0.2) is 50.3 Å². The number of aromatic nitrogens is 3. The quantitative estimate of drug-likeness (QED) is 0.175. The number of nitro groups is 1. The third-order valence-electron chi connectivity index (χ3n) is 5.34. The molecule has 0 radical (unpaired) electrons. The summed E-state index contributed by atoms with van der Waals surface area (Å²) in [5.41, 5.74) is 0.885. The van der Waals surface area contributed by atoms with E-state index in [1.165, 1.54) is 43.1 Å². The smallest absolute Gasteiger partial charge is 0.337 e.